The lowest BCUT2D eigenvalue weighted by molar-refractivity contribution is -0.136. The number of hydrogen-bond donors (Lipinski definition) is 3. The van der Waals surface area contributed by atoms with Crippen molar-refractivity contribution in [1.82, 2.24) is 25.3 Å². The molecule has 3 heterocycles. The largest absolute Gasteiger partial charge is 0.372 e. The molecule has 1 aromatic carbocycles. The third-order valence-electron chi connectivity index (χ3n) is 11.6. The Labute approximate surface area is 288 Å². The lowest BCUT2D eigenvalue weighted by atomic mass is 9.80. The van der Waals surface area contributed by atoms with Gasteiger partial charge in [0.1, 0.15) is 23.7 Å². The number of anilines is 1. The smallest absolute Gasteiger partial charge is 0.270 e. The molecule has 7 atom stereocenters. The van der Waals surface area contributed by atoms with Crippen molar-refractivity contribution in [2.75, 3.05) is 19.5 Å². The molecule has 6 rings (SSSR count). The van der Waals surface area contributed by atoms with Crippen molar-refractivity contribution >= 4 is 29.2 Å². The Kier molecular flexibility index (Phi) is 10.5. The number of Topliss-reactive ketones (excluding diaryl/α,β-unsaturated/α-hetero) is 1. The first-order chi connectivity index (χ1) is 23.5. The van der Waals surface area contributed by atoms with Crippen LogP contribution in [-0.2, 0) is 25.7 Å². The molecule has 2 saturated carbocycles. The fraction of sp³-hybridized carbons (Fsp3) is 0.649. The van der Waals surface area contributed by atoms with Crippen LogP contribution in [0.1, 0.15) is 94.1 Å². The minimum Gasteiger partial charge on any atom is -0.372 e. The zero-order chi connectivity index (χ0) is 35.0. The Morgan fingerprint density at radius 2 is 1.59 bits per heavy atom. The summed E-state index contributed by atoms with van der Waals surface area (Å²) in [7, 11) is 3.56. The van der Waals surface area contributed by atoms with Gasteiger partial charge in [0.05, 0.1) is 11.7 Å². The van der Waals surface area contributed by atoms with Gasteiger partial charge in [0.2, 0.25) is 11.8 Å². The van der Waals surface area contributed by atoms with Crippen molar-refractivity contribution in [2.45, 2.75) is 115 Å². The Hall–Kier alpha value is -3.64. The molecule has 2 saturated heterocycles. The minimum atomic E-state index is -0.869. The van der Waals surface area contributed by atoms with Crippen LogP contribution in [-0.4, -0.2) is 82.6 Å². The lowest BCUT2D eigenvalue weighted by Gasteiger charge is -2.38. The minimum absolute atomic E-state index is 0.00375. The molecule has 2 aromatic rings. The topological polar surface area (TPSA) is 135 Å². The van der Waals surface area contributed by atoms with Gasteiger partial charge < -0.3 is 25.6 Å². The summed E-state index contributed by atoms with van der Waals surface area (Å²) in [5, 5.41) is 12.9. The van der Waals surface area contributed by atoms with Crippen LogP contribution >= 0.6 is 0 Å². The van der Waals surface area contributed by atoms with Crippen molar-refractivity contribution in [3.05, 3.63) is 47.5 Å². The van der Waals surface area contributed by atoms with Crippen LogP contribution in [0, 0.1) is 29.5 Å². The first-order valence-corrected chi connectivity index (χ1v) is 18.0. The Morgan fingerprint density at radius 3 is 2.16 bits per heavy atom. The van der Waals surface area contributed by atoms with Crippen LogP contribution in [0.2, 0.25) is 0 Å². The summed E-state index contributed by atoms with van der Waals surface area (Å²) in [5.74, 6) is -2.00. The molecule has 12 heteroatoms. The van der Waals surface area contributed by atoms with E-state index in [1.165, 1.54) is 19.2 Å². The van der Waals surface area contributed by atoms with E-state index >= 15 is 4.39 Å². The van der Waals surface area contributed by atoms with E-state index in [4.69, 9.17) is 4.74 Å². The zero-order valence-corrected chi connectivity index (χ0v) is 29.3. The Bertz CT molecular complexity index is 1530. The second-order valence-corrected chi connectivity index (χ2v) is 14.7. The molecule has 4 fully saturated rings. The number of nitrogens with one attached hydrogen (secondary N) is 3. The number of hydrogen-bond acceptors (Lipinski definition) is 7. The zero-order valence-electron chi connectivity index (χ0n) is 29.3. The van der Waals surface area contributed by atoms with E-state index in [0.29, 0.717) is 41.7 Å². The highest BCUT2D eigenvalue weighted by molar-refractivity contribution is 6.01. The number of aromatic nitrogens is 2. The Morgan fingerprint density at radius 1 is 0.939 bits per heavy atom. The molecule has 11 nitrogen and oxygen atoms in total. The first-order valence-electron chi connectivity index (χ1n) is 18.0. The number of carbonyl (C=O) groups excluding carboxylic acids is 4. The van der Waals surface area contributed by atoms with Crippen LogP contribution in [0.25, 0.3) is 0 Å². The van der Waals surface area contributed by atoms with Crippen LogP contribution in [0.15, 0.2) is 30.5 Å². The lowest BCUT2D eigenvalue weighted by Crippen LogP contribution is -2.52. The van der Waals surface area contributed by atoms with Gasteiger partial charge in [-0.2, -0.15) is 5.10 Å². The molecule has 0 spiro atoms. The second kappa shape index (κ2) is 14.7. The van der Waals surface area contributed by atoms with E-state index in [1.807, 2.05) is 13.8 Å². The summed E-state index contributed by atoms with van der Waals surface area (Å²) in [6.07, 6.45) is 8.44. The first kappa shape index (κ1) is 35.2. The number of piperidine rings is 1. The van der Waals surface area contributed by atoms with Crippen molar-refractivity contribution in [3.8, 4) is 0 Å². The van der Waals surface area contributed by atoms with Gasteiger partial charge >= 0.3 is 0 Å². The number of ketones is 1. The maximum Gasteiger partial charge on any atom is 0.270 e. The molecule has 0 radical (unpaired) electrons. The fourth-order valence-corrected chi connectivity index (χ4v) is 8.26. The van der Waals surface area contributed by atoms with Gasteiger partial charge in [0, 0.05) is 43.8 Å². The summed E-state index contributed by atoms with van der Waals surface area (Å²) >= 11 is 0. The predicted molar refractivity (Wildman–Crippen MR) is 182 cm³/mol. The van der Waals surface area contributed by atoms with Crippen LogP contribution < -0.4 is 16.0 Å². The molecule has 2 bridgehead atoms. The number of rotatable bonds is 15. The molecular weight excluding hydrogens is 627 g/mol. The fourth-order valence-electron chi connectivity index (χ4n) is 8.26. The second-order valence-electron chi connectivity index (χ2n) is 14.7. The van der Waals surface area contributed by atoms with E-state index in [0.717, 1.165) is 51.4 Å². The van der Waals surface area contributed by atoms with Gasteiger partial charge in [-0.1, -0.05) is 13.0 Å². The SMILES string of the molecule is CCn1nccc1C(=O)N[C@H](C(=O)Nc1ccc([C@H](C)[C@@H](NC(=O)[C@H](C)OC)C(=O)C2C[C@H]3CC[C@@H](C2)N3C)cc1F)C(C1CC1)C1CC1. The number of carbonyl (C=O) groups is 4. The molecule has 2 aliphatic carbocycles. The molecular formula is C37H51FN6O5. The quantitative estimate of drug-likeness (QED) is 0.256. The summed E-state index contributed by atoms with van der Waals surface area (Å²) < 4.78 is 22.7. The van der Waals surface area contributed by atoms with Crippen molar-refractivity contribution in [3.63, 3.8) is 0 Å². The van der Waals surface area contributed by atoms with Crippen molar-refractivity contribution < 1.29 is 28.3 Å². The Balaban J connectivity index is 1.20. The van der Waals surface area contributed by atoms with Crippen molar-refractivity contribution in [1.29, 1.82) is 0 Å². The van der Waals surface area contributed by atoms with Gasteiger partial charge in [-0.25, -0.2) is 4.39 Å². The van der Waals surface area contributed by atoms with E-state index in [9.17, 15) is 19.2 Å². The summed E-state index contributed by atoms with van der Waals surface area (Å²) in [6.45, 7) is 5.85. The van der Waals surface area contributed by atoms with E-state index < -0.39 is 41.7 Å². The molecule has 2 aliphatic heterocycles. The van der Waals surface area contributed by atoms with E-state index in [-0.39, 0.29) is 29.2 Å². The normalized spacial score (nSPS) is 24.6. The number of methoxy groups -OCH3 is 1. The molecule has 3 N–H and O–H groups in total. The molecule has 1 aromatic heterocycles. The van der Waals surface area contributed by atoms with Crippen LogP contribution in [0.3, 0.4) is 0 Å². The maximum absolute atomic E-state index is 15.9. The van der Waals surface area contributed by atoms with Crippen LogP contribution in [0.5, 0.6) is 0 Å². The highest BCUT2D eigenvalue weighted by Gasteiger charge is 2.49. The van der Waals surface area contributed by atoms with Crippen LogP contribution in [0.4, 0.5) is 10.1 Å². The van der Waals surface area contributed by atoms with Gasteiger partial charge in [-0.3, -0.25) is 23.9 Å². The van der Waals surface area contributed by atoms with Gasteiger partial charge in [-0.05, 0) is 114 Å². The van der Waals surface area contributed by atoms with E-state index in [2.05, 4.69) is 33.0 Å². The number of halogens is 1. The monoisotopic (exact) mass is 678 g/mol. The summed E-state index contributed by atoms with van der Waals surface area (Å²) in [4.78, 5) is 56.7. The number of benzene rings is 1. The number of amides is 3. The highest BCUT2D eigenvalue weighted by Crippen LogP contribution is 2.51. The molecule has 3 amide bonds. The molecule has 4 aliphatic rings. The van der Waals surface area contributed by atoms with Gasteiger partial charge in [0.15, 0.2) is 5.78 Å². The average Bonchev–Trinajstić information content (AvgIpc) is 4.04. The number of ether oxygens (including phenoxy) is 1. The van der Waals surface area contributed by atoms with Gasteiger partial charge in [0.25, 0.3) is 5.91 Å². The molecule has 49 heavy (non-hydrogen) atoms. The third-order valence-corrected chi connectivity index (χ3v) is 11.6. The number of fused-ring (bicyclic) bond motifs is 2. The number of aryl methyl sites for hydroxylation is 1. The molecule has 1 unspecified atom stereocenters. The third kappa shape index (κ3) is 7.60. The van der Waals surface area contributed by atoms with Gasteiger partial charge in [-0.15, -0.1) is 0 Å². The number of nitrogens with zero attached hydrogens (tertiary/aromatic N) is 3. The summed E-state index contributed by atoms with van der Waals surface area (Å²) in [5.41, 5.74) is 0.900. The van der Waals surface area contributed by atoms with E-state index in [1.54, 1.807) is 29.9 Å². The highest BCUT2D eigenvalue weighted by atomic mass is 19.1. The average molecular weight is 679 g/mol. The standard InChI is InChI=1S/C37H51FN6O5/c1-6-44-30(15-16-39-44)36(47)42-33(31(22-7-8-22)23-9-10-23)37(48)40-29-14-11-24(19-28(29)38)20(2)32(41-35(46)21(3)49-5)34(45)25-17-26-12-13-27(18-25)43(26)4/h11,14-16,19-23,25-27,31-33H,6-10,12-13,17-18H2,1-5H3,(H,40,48)(H,41,46)(H,42,47)/t20-,21-,25?,26-,27+,32+,33-/m0/s1. The van der Waals surface area contributed by atoms with Crippen molar-refractivity contribution in [2.24, 2.45) is 23.7 Å². The molecule has 266 valence electrons. The summed E-state index contributed by atoms with van der Waals surface area (Å²) in [6, 6.07) is 5.16. The maximum atomic E-state index is 15.9. The predicted octanol–water partition coefficient (Wildman–Crippen LogP) is 4.28.